The Morgan fingerprint density at radius 3 is 2.83 bits per heavy atom. The normalized spacial score (nSPS) is 13.4. The Balaban J connectivity index is 1.64. The van der Waals surface area contributed by atoms with E-state index in [4.69, 9.17) is 26.5 Å². The Bertz CT molecular complexity index is 1100. The van der Waals surface area contributed by atoms with Gasteiger partial charge in [0.1, 0.15) is 35.6 Å². The number of fused-ring (bicyclic) bond motifs is 1. The molecule has 0 fully saturated rings. The molecule has 0 spiro atoms. The van der Waals surface area contributed by atoms with Crippen molar-refractivity contribution in [1.82, 2.24) is 0 Å². The van der Waals surface area contributed by atoms with Crippen LogP contribution in [0, 0.1) is 18.3 Å². The molecule has 6 heteroatoms. The summed E-state index contributed by atoms with van der Waals surface area (Å²) in [6.07, 6.45) is 5.22. The minimum absolute atomic E-state index is 0.291. The Hall–Kier alpha value is -2.97. The number of nitrogens with zero attached hydrogens (tertiary/aromatic N) is 1. The molecule has 1 aliphatic rings. The Kier molecular flexibility index (Phi) is 5.46. The molecule has 2 heterocycles. The first kappa shape index (κ1) is 19.4. The van der Waals surface area contributed by atoms with Crippen LogP contribution in [0.3, 0.4) is 0 Å². The second kappa shape index (κ2) is 8.18. The largest absolute Gasteiger partial charge is 0.486 e. The fourth-order valence-corrected chi connectivity index (χ4v) is 3.96. The molecule has 0 saturated carbocycles. The van der Waals surface area contributed by atoms with E-state index in [2.05, 4.69) is 11.1 Å². The van der Waals surface area contributed by atoms with Crippen LogP contribution in [0.1, 0.15) is 47.4 Å². The van der Waals surface area contributed by atoms with Gasteiger partial charge in [-0.15, -0.1) is 0 Å². The van der Waals surface area contributed by atoms with Gasteiger partial charge in [-0.2, -0.15) is 5.26 Å². The third-order valence-electron chi connectivity index (χ3n) is 5.35. The molecule has 148 valence electrons. The minimum Gasteiger partial charge on any atom is -0.486 e. The summed E-state index contributed by atoms with van der Waals surface area (Å²) in [5.41, 5.74) is 10.6. The lowest BCUT2D eigenvalue weighted by Crippen LogP contribution is -2.21. The van der Waals surface area contributed by atoms with Crippen LogP contribution in [0.2, 0.25) is 5.02 Å². The highest BCUT2D eigenvalue weighted by molar-refractivity contribution is 6.31. The zero-order valence-corrected chi connectivity index (χ0v) is 17.1. The van der Waals surface area contributed by atoms with Crippen LogP contribution in [-0.4, -0.2) is 0 Å². The number of hydrogen-bond acceptors (Lipinski definition) is 4. The van der Waals surface area contributed by atoms with Gasteiger partial charge in [0, 0.05) is 17.0 Å². The van der Waals surface area contributed by atoms with E-state index in [1.807, 2.05) is 37.3 Å². The number of benzene rings is 1. The molecule has 2 aromatic heterocycles. The molecule has 0 unspecified atom stereocenters. The van der Waals surface area contributed by atoms with Crippen molar-refractivity contribution in [2.75, 3.05) is 5.73 Å². The van der Waals surface area contributed by atoms with Crippen LogP contribution in [0.4, 0.5) is 5.82 Å². The van der Waals surface area contributed by atoms with Crippen molar-refractivity contribution in [3.05, 3.63) is 63.5 Å². The number of rotatable bonds is 4. The SMILES string of the molecule is Cc1cc(OCc2ccc(-c3c(C#N)c(N)[nH+]c4c3CCCCC4)o2)ccc1Cl. The van der Waals surface area contributed by atoms with Crippen LogP contribution >= 0.6 is 11.6 Å². The number of aromatic amines is 1. The van der Waals surface area contributed by atoms with E-state index in [0.29, 0.717) is 34.5 Å². The first-order valence-electron chi connectivity index (χ1n) is 9.81. The lowest BCUT2D eigenvalue weighted by Gasteiger charge is -2.11. The highest BCUT2D eigenvalue weighted by atomic mass is 35.5. The summed E-state index contributed by atoms with van der Waals surface area (Å²) in [7, 11) is 0. The molecule has 0 bridgehead atoms. The molecule has 0 atom stereocenters. The topological polar surface area (TPSA) is 86.3 Å². The Morgan fingerprint density at radius 1 is 1.21 bits per heavy atom. The molecule has 0 aliphatic heterocycles. The predicted octanol–water partition coefficient (Wildman–Crippen LogP) is 5.02. The summed E-state index contributed by atoms with van der Waals surface area (Å²) in [5.74, 6) is 2.47. The molecule has 5 nitrogen and oxygen atoms in total. The maximum Gasteiger partial charge on any atom is 0.289 e. The molecule has 29 heavy (non-hydrogen) atoms. The average molecular weight is 409 g/mol. The molecule has 1 aromatic carbocycles. The summed E-state index contributed by atoms with van der Waals surface area (Å²) in [4.78, 5) is 3.24. The summed E-state index contributed by atoms with van der Waals surface area (Å²) in [5, 5.41) is 10.4. The maximum atomic E-state index is 9.71. The molecule has 0 amide bonds. The van der Waals surface area contributed by atoms with Crippen molar-refractivity contribution < 1.29 is 14.1 Å². The minimum atomic E-state index is 0.291. The lowest BCUT2D eigenvalue weighted by molar-refractivity contribution is -0.373. The van der Waals surface area contributed by atoms with Crippen molar-refractivity contribution in [2.45, 2.75) is 45.6 Å². The van der Waals surface area contributed by atoms with Gasteiger partial charge in [0.25, 0.3) is 5.82 Å². The van der Waals surface area contributed by atoms with Gasteiger partial charge in [-0.25, -0.2) is 4.98 Å². The van der Waals surface area contributed by atoms with E-state index in [-0.39, 0.29) is 0 Å². The van der Waals surface area contributed by atoms with Crippen LogP contribution in [0.5, 0.6) is 5.75 Å². The van der Waals surface area contributed by atoms with E-state index < -0.39 is 0 Å². The number of nitrogens with two attached hydrogens (primary N) is 1. The zero-order valence-electron chi connectivity index (χ0n) is 16.3. The van der Waals surface area contributed by atoms with Gasteiger partial charge in [-0.1, -0.05) is 18.0 Å². The number of H-pyrrole nitrogens is 1. The molecular formula is C23H23ClN3O2+. The second-order valence-corrected chi connectivity index (χ2v) is 7.79. The fourth-order valence-electron chi connectivity index (χ4n) is 3.85. The van der Waals surface area contributed by atoms with Gasteiger partial charge in [0.05, 0.1) is 5.56 Å². The lowest BCUT2D eigenvalue weighted by atomic mass is 9.95. The monoisotopic (exact) mass is 408 g/mol. The highest BCUT2D eigenvalue weighted by Gasteiger charge is 2.26. The highest BCUT2D eigenvalue weighted by Crippen LogP contribution is 2.35. The molecule has 0 radical (unpaired) electrons. The number of furan rings is 1. The summed E-state index contributed by atoms with van der Waals surface area (Å²) in [6.45, 7) is 2.23. The van der Waals surface area contributed by atoms with Gasteiger partial charge in [-0.05, 0) is 62.1 Å². The predicted molar refractivity (Wildman–Crippen MR) is 112 cm³/mol. The van der Waals surface area contributed by atoms with Crippen molar-refractivity contribution in [3.8, 4) is 23.1 Å². The summed E-state index contributed by atoms with van der Waals surface area (Å²) >= 11 is 6.07. The molecule has 1 aliphatic carbocycles. The molecule has 0 saturated heterocycles. The van der Waals surface area contributed by atoms with Crippen molar-refractivity contribution in [3.63, 3.8) is 0 Å². The number of aryl methyl sites for hydroxylation is 2. The van der Waals surface area contributed by atoms with Gasteiger partial charge >= 0.3 is 0 Å². The van der Waals surface area contributed by atoms with Crippen molar-refractivity contribution in [1.29, 1.82) is 5.26 Å². The number of hydrogen-bond donors (Lipinski definition) is 1. The first-order chi connectivity index (χ1) is 14.1. The van der Waals surface area contributed by atoms with Crippen LogP contribution in [-0.2, 0) is 19.4 Å². The molecule has 3 aromatic rings. The van der Waals surface area contributed by atoms with Crippen molar-refractivity contribution in [2.24, 2.45) is 0 Å². The van der Waals surface area contributed by atoms with E-state index in [1.165, 1.54) is 6.42 Å². The zero-order chi connectivity index (χ0) is 20.4. The Morgan fingerprint density at radius 2 is 2.03 bits per heavy atom. The number of pyridine rings is 1. The Labute approximate surface area is 175 Å². The van der Waals surface area contributed by atoms with Crippen LogP contribution < -0.4 is 15.5 Å². The second-order valence-electron chi connectivity index (χ2n) is 7.38. The number of nitrogens with one attached hydrogen (secondary N) is 1. The quantitative estimate of drug-likeness (QED) is 0.613. The smallest absolute Gasteiger partial charge is 0.289 e. The number of nitrogen functional groups attached to an aromatic ring is 1. The summed E-state index contributed by atoms with van der Waals surface area (Å²) < 4.78 is 11.9. The fraction of sp³-hybridized carbons (Fsp3) is 0.304. The third kappa shape index (κ3) is 3.94. The standard InChI is InChI=1S/C23H22ClN3O2/c1-14-11-15(7-9-19(14)24)28-13-16-8-10-21(29-16)22-17-5-3-2-4-6-20(17)27-23(26)18(22)12-25/h7-11H,2-6,13H2,1H3,(H2,26,27)/p+1. The van der Waals surface area contributed by atoms with E-state index in [9.17, 15) is 5.26 Å². The first-order valence-corrected chi connectivity index (χ1v) is 10.2. The molecular weight excluding hydrogens is 386 g/mol. The summed E-state index contributed by atoms with van der Waals surface area (Å²) in [6, 6.07) is 11.6. The van der Waals surface area contributed by atoms with Gasteiger partial charge < -0.3 is 9.15 Å². The van der Waals surface area contributed by atoms with E-state index in [0.717, 1.165) is 53.8 Å². The number of aromatic nitrogens is 1. The van der Waals surface area contributed by atoms with Gasteiger partial charge in [0.15, 0.2) is 5.56 Å². The number of ether oxygens (including phenoxy) is 1. The third-order valence-corrected chi connectivity index (χ3v) is 5.78. The van der Waals surface area contributed by atoms with Gasteiger partial charge in [0.2, 0.25) is 0 Å². The molecule has 3 N–H and O–H groups in total. The van der Waals surface area contributed by atoms with E-state index >= 15 is 0 Å². The van der Waals surface area contributed by atoms with E-state index in [1.54, 1.807) is 0 Å². The maximum absolute atomic E-state index is 9.71. The van der Waals surface area contributed by atoms with Crippen LogP contribution in [0.25, 0.3) is 11.3 Å². The number of nitriles is 1. The number of halogens is 1. The van der Waals surface area contributed by atoms with Gasteiger partial charge in [-0.3, -0.25) is 5.73 Å². The van der Waals surface area contributed by atoms with Crippen LogP contribution in [0.15, 0.2) is 34.7 Å². The molecule has 4 rings (SSSR count). The van der Waals surface area contributed by atoms with Crippen molar-refractivity contribution >= 4 is 17.4 Å². The number of anilines is 1. The average Bonchev–Trinajstić information content (AvgIpc) is 3.05.